The van der Waals surface area contributed by atoms with Crippen LogP contribution in [0.4, 0.5) is 0 Å². The van der Waals surface area contributed by atoms with Gasteiger partial charge in [0.25, 0.3) is 0 Å². The monoisotopic (exact) mass is 476 g/mol. The van der Waals surface area contributed by atoms with Crippen molar-refractivity contribution in [1.82, 2.24) is 10.6 Å². The van der Waals surface area contributed by atoms with Crippen LogP contribution < -0.4 is 10.6 Å². The third kappa shape index (κ3) is 9.44. The third-order valence-corrected chi connectivity index (χ3v) is 6.66. The van der Waals surface area contributed by atoms with Crippen molar-refractivity contribution in [2.45, 2.75) is 24.9 Å². The van der Waals surface area contributed by atoms with Gasteiger partial charge >= 0.3 is 11.9 Å². The summed E-state index contributed by atoms with van der Waals surface area (Å²) in [4.78, 5) is 47.1. The first-order chi connectivity index (χ1) is 15.3. The number of benzene rings is 2. The van der Waals surface area contributed by atoms with Gasteiger partial charge in [0.1, 0.15) is 12.1 Å². The highest BCUT2D eigenvalue weighted by molar-refractivity contribution is 8.76. The van der Waals surface area contributed by atoms with Crippen molar-refractivity contribution in [3.63, 3.8) is 0 Å². The summed E-state index contributed by atoms with van der Waals surface area (Å²) in [6.45, 7) is 0. The van der Waals surface area contributed by atoms with E-state index in [1.54, 1.807) is 48.5 Å². The highest BCUT2D eigenvalue weighted by atomic mass is 33.1. The van der Waals surface area contributed by atoms with Gasteiger partial charge in [0.15, 0.2) is 0 Å². The minimum atomic E-state index is -1.18. The first-order valence-corrected chi connectivity index (χ1v) is 12.2. The second-order valence-electron chi connectivity index (χ2n) is 6.81. The molecular weight excluding hydrogens is 452 g/mol. The first kappa shape index (κ1) is 25.3. The smallest absolute Gasteiger partial charge is 0.327 e. The predicted molar refractivity (Wildman–Crippen MR) is 124 cm³/mol. The number of carbonyl (C=O) groups excluding carboxylic acids is 2. The van der Waals surface area contributed by atoms with Crippen LogP contribution >= 0.6 is 21.6 Å². The molecule has 0 radical (unpaired) electrons. The molecule has 2 atom stereocenters. The molecule has 0 heterocycles. The number of carboxylic acids is 2. The van der Waals surface area contributed by atoms with Gasteiger partial charge in [-0.3, -0.25) is 9.59 Å². The normalized spacial score (nSPS) is 12.4. The van der Waals surface area contributed by atoms with Crippen molar-refractivity contribution in [1.29, 1.82) is 0 Å². The zero-order chi connectivity index (χ0) is 23.3. The Labute approximate surface area is 193 Å². The van der Waals surface area contributed by atoms with Gasteiger partial charge in [-0.1, -0.05) is 82.3 Å². The minimum absolute atomic E-state index is 0.0465. The van der Waals surface area contributed by atoms with Gasteiger partial charge in [0.05, 0.1) is 12.8 Å². The SMILES string of the molecule is O=C(Cc1ccccc1)N[C@@H](CSSC[C@H](NC(=O)Cc1ccccc1)C(=O)O)C(=O)O. The maximum atomic E-state index is 12.1. The number of rotatable bonds is 13. The lowest BCUT2D eigenvalue weighted by Gasteiger charge is -2.16. The molecule has 0 fully saturated rings. The Bertz CT molecular complexity index is 836. The van der Waals surface area contributed by atoms with E-state index in [1.165, 1.54) is 0 Å². The summed E-state index contributed by atoms with van der Waals surface area (Å²) in [6.07, 6.45) is 0.133. The fraction of sp³-hybridized carbons (Fsp3) is 0.273. The van der Waals surface area contributed by atoms with Crippen molar-refractivity contribution in [3.8, 4) is 0 Å². The molecular formula is C22H24N2O6S2. The molecule has 32 heavy (non-hydrogen) atoms. The van der Waals surface area contributed by atoms with Crippen LogP contribution in [-0.4, -0.2) is 57.6 Å². The molecule has 2 rings (SSSR count). The number of nitrogens with one attached hydrogen (secondary N) is 2. The van der Waals surface area contributed by atoms with E-state index in [9.17, 15) is 29.4 Å². The fourth-order valence-corrected chi connectivity index (χ4v) is 4.95. The van der Waals surface area contributed by atoms with Crippen molar-refractivity contribution >= 4 is 45.3 Å². The van der Waals surface area contributed by atoms with Crippen LogP contribution in [0.1, 0.15) is 11.1 Å². The predicted octanol–water partition coefficient (Wildman–Crippen LogP) is 1.99. The molecule has 2 aromatic carbocycles. The number of amides is 2. The molecule has 0 spiro atoms. The molecule has 0 aliphatic heterocycles. The molecule has 0 aromatic heterocycles. The van der Waals surface area contributed by atoms with Crippen LogP contribution in [0.25, 0.3) is 0 Å². The number of aliphatic carboxylic acids is 2. The first-order valence-electron chi connectivity index (χ1n) is 9.71. The Hall–Kier alpha value is -2.98. The molecule has 4 N–H and O–H groups in total. The zero-order valence-electron chi connectivity index (χ0n) is 17.1. The lowest BCUT2D eigenvalue weighted by atomic mass is 10.1. The van der Waals surface area contributed by atoms with Crippen molar-refractivity contribution in [2.75, 3.05) is 11.5 Å². The highest BCUT2D eigenvalue weighted by Crippen LogP contribution is 2.23. The maximum absolute atomic E-state index is 12.1. The van der Waals surface area contributed by atoms with Crippen LogP contribution in [0.3, 0.4) is 0 Å². The van der Waals surface area contributed by atoms with E-state index in [0.717, 1.165) is 32.7 Å². The number of hydrogen-bond acceptors (Lipinski definition) is 6. The van der Waals surface area contributed by atoms with Gasteiger partial charge in [-0.2, -0.15) is 0 Å². The van der Waals surface area contributed by atoms with Gasteiger partial charge < -0.3 is 20.8 Å². The summed E-state index contributed by atoms with van der Waals surface area (Å²) in [7, 11) is 2.24. The highest BCUT2D eigenvalue weighted by Gasteiger charge is 2.23. The Balaban J connectivity index is 1.76. The van der Waals surface area contributed by atoms with Gasteiger partial charge in [0.2, 0.25) is 11.8 Å². The summed E-state index contributed by atoms with van der Waals surface area (Å²) in [5.41, 5.74) is 1.54. The summed E-state index contributed by atoms with van der Waals surface area (Å²) < 4.78 is 0. The Kier molecular flexibility index (Phi) is 10.6. The number of carboxylic acid groups (broad SMARTS) is 2. The van der Waals surface area contributed by atoms with E-state index >= 15 is 0 Å². The average Bonchev–Trinajstić information content (AvgIpc) is 2.76. The molecule has 2 aromatic rings. The van der Waals surface area contributed by atoms with Crippen molar-refractivity contribution in [2.24, 2.45) is 0 Å². The second kappa shape index (κ2) is 13.4. The molecule has 0 aliphatic rings. The molecule has 8 nitrogen and oxygen atoms in total. The average molecular weight is 477 g/mol. The van der Waals surface area contributed by atoms with E-state index in [1.807, 2.05) is 12.1 Å². The number of hydrogen-bond donors (Lipinski definition) is 4. The molecule has 0 unspecified atom stereocenters. The van der Waals surface area contributed by atoms with Gasteiger partial charge in [-0.15, -0.1) is 0 Å². The Morgan fingerprint density at radius 2 is 1.00 bits per heavy atom. The van der Waals surface area contributed by atoms with Gasteiger partial charge in [-0.25, -0.2) is 9.59 Å². The molecule has 2 amide bonds. The second-order valence-corrected chi connectivity index (χ2v) is 9.36. The van der Waals surface area contributed by atoms with Gasteiger partial charge in [0, 0.05) is 11.5 Å². The molecule has 0 saturated heterocycles. The largest absolute Gasteiger partial charge is 0.480 e. The van der Waals surface area contributed by atoms with E-state index in [-0.39, 0.29) is 24.3 Å². The van der Waals surface area contributed by atoms with Crippen LogP contribution in [0, 0.1) is 0 Å². The van der Waals surface area contributed by atoms with Gasteiger partial charge in [-0.05, 0) is 11.1 Å². The summed E-state index contributed by atoms with van der Waals surface area (Å²) in [5.74, 6) is -3.08. The van der Waals surface area contributed by atoms with E-state index in [2.05, 4.69) is 10.6 Å². The fourth-order valence-electron chi connectivity index (χ4n) is 2.63. The standard InChI is InChI=1S/C22H24N2O6S2/c25-19(11-15-7-3-1-4-8-15)23-17(21(27)28)13-31-32-14-18(22(29)30)24-20(26)12-16-9-5-2-6-10-16/h1-10,17-18H,11-14H2,(H,23,25)(H,24,26)(H,27,28)(H,29,30)/t17-,18-/m0/s1. The quantitative estimate of drug-likeness (QED) is 0.255. The van der Waals surface area contributed by atoms with E-state index < -0.39 is 35.8 Å². The van der Waals surface area contributed by atoms with Crippen LogP contribution in [0.15, 0.2) is 60.7 Å². The molecule has 0 aliphatic carbocycles. The van der Waals surface area contributed by atoms with E-state index in [0.29, 0.717) is 0 Å². The third-order valence-electron chi connectivity index (χ3n) is 4.23. The Morgan fingerprint density at radius 1 is 0.656 bits per heavy atom. The summed E-state index contributed by atoms with van der Waals surface area (Å²) >= 11 is 0. The minimum Gasteiger partial charge on any atom is -0.480 e. The zero-order valence-corrected chi connectivity index (χ0v) is 18.7. The topological polar surface area (TPSA) is 133 Å². The van der Waals surface area contributed by atoms with Crippen molar-refractivity contribution < 1.29 is 29.4 Å². The van der Waals surface area contributed by atoms with Crippen LogP contribution in [0.2, 0.25) is 0 Å². The number of carbonyl (C=O) groups is 4. The lowest BCUT2D eigenvalue weighted by molar-refractivity contribution is -0.141. The van der Waals surface area contributed by atoms with Crippen LogP contribution in [0.5, 0.6) is 0 Å². The molecule has 10 heteroatoms. The lowest BCUT2D eigenvalue weighted by Crippen LogP contribution is -2.44. The van der Waals surface area contributed by atoms with Crippen LogP contribution in [-0.2, 0) is 32.0 Å². The van der Waals surface area contributed by atoms with E-state index in [4.69, 9.17) is 0 Å². The molecule has 0 bridgehead atoms. The maximum Gasteiger partial charge on any atom is 0.327 e. The summed E-state index contributed by atoms with van der Waals surface area (Å²) in [5, 5.41) is 23.7. The Morgan fingerprint density at radius 3 is 1.31 bits per heavy atom. The van der Waals surface area contributed by atoms with Crippen molar-refractivity contribution in [3.05, 3.63) is 71.8 Å². The molecule has 170 valence electrons. The summed E-state index contributed by atoms with van der Waals surface area (Å²) in [6, 6.07) is 15.7. The molecule has 0 saturated carbocycles.